The Kier molecular flexibility index (Phi) is 6.51. The molecule has 0 amide bonds. The van der Waals surface area contributed by atoms with Gasteiger partial charge in [-0.3, -0.25) is 14.9 Å². The summed E-state index contributed by atoms with van der Waals surface area (Å²) in [6.45, 7) is 5.53. The summed E-state index contributed by atoms with van der Waals surface area (Å²) < 4.78 is 5.24. The first-order valence-corrected chi connectivity index (χ1v) is 7.59. The summed E-state index contributed by atoms with van der Waals surface area (Å²) in [7, 11) is 0. The van der Waals surface area contributed by atoms with Gasteiger partial charge in [0.1, 0.15) is 11.0 Å². The van der Waals surface area contributed by atoms with E-state index in [-0.39, 0.29) is 16.9 Å². The van der Waals surface area contributed by atoms with Crippen LogP contribution in [-0.2, 0) is 4.79 Å². The fourth-order valence-electron chi connectivity index (χ4n) is 1.57. The number of benzene rings is 1. The summed E-state index contributed by atoms with van der Waals surface area (Å²) in [5, 5.41) is 10.5. The molecule has 1 aromatic carbocycles. The van der Waals surface area contributed by atoms with Crippen LogP contribution in [0.3, 0.4) is 0 Å². The highest BCUT2D eigenvalue weighted by atomic mass is 32.2. The van der Waals surface area contributed by atoms with Crippen LogP contribution in [0, 0.1) is 17.0 Å². The molecule has 0 heterocycles. The maximum absolute atomic E-state index is 11.9. The Morgan fingerprint density at radius 2 is 2.20 bits per heavy atom. The standard InChI is InChI=1S/C14H19NO4S/c1-4-5-8-20-11(3)14(16)19-12-6-7-13(15(17)18)10(2)9-12/h6-7,9,11H,4-5,8H2,1-3H3. The molecule has 0 aliphatic heterocycles. The van der Waals surface area contributed by atoms with Crippen molar-refractivity contribution in [2.75, 3.05) is 5.75 Å². The molecular weight excluding hydrogens is 278 g/mol. The number of unbranched alkanes of at least 4 members (excludes halogenated alkanes) is 1. The van der Waals surface area contributed by atoms with Gasteiger partial charge in [0.15, 0.2) is 0 Å². The number of carbonyl (C=O) groups is 1. The predicted octanol–water partition coefficient (Wildman–Crippen LogP) is 3.73. The molecule has 0 saturated carbocycles. The van der Waals surface area contributed by atoms with Gasteiger partial charge in [0.05, 0.1) is 4.92 Å². The van der Waals surface area contributed by atoms with Crippen molar-refractivity contribution in [3.8, 4) is 5.75 Å². The van der Waals surface area contributed by atoms with Gasteiger partial charge in [0, 0.05) is 11.6 Å². The molecule has 0 aliphatic carbocycles. The summed E-state index contributed by atoms with van der Waals surface area (Å²) in [6.07, 6.45) is 2.16. The van der Waals surface area contributed by atoms with Gasteiger partial charge in [-0.05, 0) is 38.2 Å². The molecule has 1 aromatic rings. The van der Waals surface area contributed by atoms with E-state index in [0.717, 1.165) is 18.6 Å². The molecule has 0 N–H and O–H groups in total. The van der Waals surface area contributed by atoms with E-state index in [2.05, 4.69) is 6.92 Å². The number of aryl methyl sites for hydroxylation is 1. The summed E-state index contributed by atoms with van der Waals surface area (Å²) in [5.41, 5.74) is 0.502. The molecule has 1 atom stereocenters. The van der Waals surface area contributed by atoms with Gasteiger partial charge >= 0.3 is 5.97 Å². The van der Waals surface area contributed by atoms with Gasteiger partial charge in [0.25, 0.3) is 5.69 Å². The third-order valence-electron chi connectivity index (χ3n) is 2.78. The largest absolute Gasteiger partial charge is 0.426 e. The Bertz CT molecular complexity index is 490. The number of nitro groups is 1. The molecule has 1 rings (SSSR count). The quantitative estimate of drug-likeness (QED) is 0.252. The molecule has 110 valence electrons. The average Bonchev–Trinajstić information content (AvgIpc) is 2.38. The van der Waals surface area contributed by atoms with E-state index >= 15 is 0 Å². The van der Waals surface area contributed by atoms with E-state index in [1.54, 1.807) is 25.6 Å². The summed E-state index contributed by atoms with van der Waals surface area (Å²) in [4.78, 5) is 22.1. The predicted molar refractivity (Wildman–Crippen MR) is 80.3 cm³/mol. The Morgan fingerprint density at radius 3 is 2.75 bits per heavy atom. The zero-order chi connectivity index (χ0) is 15.1. The van der Waals surface area contributed by atoms with E-state index < -0.39 is 4.92 Å². The van der Waals surface area contributed by atoms with Gasteiger partial charge in [-0.25, -0.2) is 0 Å². The smallest absolute Gasteiger partial charge is 0.324 e. The van der Waals surface area contributed by atoms with Gasteiger partial charge < -0.3 is 4.74 Å². The second-order valence-corrected chi connectivity index (χ2v) is 5.94. The molecule has 0 aromatic heterocycles. The zero-order valence-electron chi connectivity index (χ0n) is 11.9. The first-order chi connectivity index (χ1) is 9.45. The van der Waals surface area contributed by atoms with Crippen molar-refractivity contribution in [1.82, 2.24) is 0 Å². The molecule has 1 unspecified atom stereocenters. The number of nitrogens with zero attached hydrogens (tertiary/aromatic N) is 1. The van der Waals surface area contributed by atoms with Crippen molar-refractivity contribution in [3.05, 3.63) is 33.9 Å². The first-order valence-electron chi connectivity index (χ1n) is 6.54. The number of ether oxygens (including phenoxy) is 1. The molecule has 6 heteroatoms. The van der Waals surface area contributed by atoms with Crippen molar-refractivity contribution >= 4 is 23.4 Å². The number of thioether (sulfide) groups is 1. The Balaban J connectivity index is 2.62. The second-order valence-electron chi connectivity index (χ2n) is 4.49. The van der Waals surface area contributed by atoms with Crippen LogP contribution in [0.15, 0.2) is 18.2 Å². The van der Waals surface area contributed by atoms with Crippen LogP contribution in [0.2, 0.25) is 0 Å². The lowest BCUT2D eigenvalue weighted by atomic mass is 10.2. The minimum absolute atomic E-state index is 0.0233. The maximum Gasteiger partial charge on any atom is 0.324 e. The fraction of sp³-hybridized carbons (Fsp3) is 0.500. The van der Waals surface area contributed by atoms with Crippen molar-refractivity contribution in [1.29, 1.82) is 0 Å². The Labute approximate surface area is 122 Å². The number of carbonyl (C=O) groups excluding carboxylic acids is 1. The molecule has 0 saturated heterocycles. The number of esters is 1. The summed E-state index contributed by atoms with van der Waals surface area (Å²) >= 11 is 1.56. The van der Waals surface area contributed by atoms with Crippen LogP contribution >= 0.6 is 11.8 Å². The minimum Gasteiger partial charge on any atom is -0.426 e. The lowest BCUT2D eigenvalue weighted by Crippen LogP contribution is -2.20. The van der Waals surface area contributed by atoms with Crippen LogP contribution < -0.4 is 4.74 Å². The Morgan fingerprint density at radius 1 is 1.50 bits per heavy atom. The van der Waals surface area contributed by atoms with E-state index in [1.807, 2.05) is 0 Å². The van der Waals surface area contributed by atoms with Gasteiger partial charge in [-0.15, -0.1) is 11.8 Å². The lowest BCUT2D eigenvalue weighted by Gasteiger charge is -2.11. The topological polar surface area (TPSA) is 69.4 Å². The van der Waals surface area contributed by atoms with E-state index in [0.29, 0.717) is 11.3 Å². The van der Waals surface area contributed by atoms with Crippen LogP contribution in [0.1, 0.15) is 32.3 Å². The van der Waals surface area contributed by atoms with Crippen LogP contribution in [0.5, 0.6) is 5.75 Å². The van der Waals surface area contributed by atoms with Crippen molar-refractivity contribution in [3.63, 3.8) is 0 Å². The minimum atomic E-state index is -0.454. The molecule has 5 nitrogen and oxygen atoms in total. The molecule has 0 fully saturated rings. The highest BCUT2D eigenvalue weighted by molar-refractivity contribution is 8.00. The highest BCUT2D eigenvalue weighted by Gasteiger charge is 2.17. The third-order valence-corrected chi connectivity index (χ3v) is 4.00. The van der Waals surface area contributed by atoms with Crippen LogP contribution in [0.4, 0.5) is 5.69 Å². The van der Waals surface area contributed by atoms with Crippen LogP contribution in [-0.4, -0.2) is 21.9 Å². The maximum atomic E-state index is 11.9. The number of hydrogen-bond acceptors (Lipinski definition) is 5. The highest BCUT2D eigenvalue weighted by Crippen LogP contribution is 2.24. The van der Waals surface area contributed by atoms with E-state index in [4.69, 9.17) is 4.74 Å². The van der Waals surface area contributed by atoms with E-state index in [1.165, 1.54) is 18.2 Å². The number of hydrogen-bond donors (Lipinski definition) is 0. The monoisotopic (exact) mass is 297 g/mol. The molecule has 0 aliphatic rings. The average molecular weight is 297 g/mol. The molecule has 20 heavy (non-hydrogen) atoms. The van der Waals surface area contributed by atoms with Gasteiger partial charge in [0.2, 0.25) is 0 Å². The van der Waals surface area contributed by atoms with E-state index in [9.17, 15) is 14.9 Å². The van der Waals surface area contributed by atoms with Crippen molar-refractivity contribution in [2.24, 2.45) is 0 Å². The second kappa shape index (κ2) is 7.89. The molecule has 0 spiro atoms. The van der Waals surface area contributed by atoms with Gasteiger partial charge in [-0.2, -0.15) is 0 Å². The fourth-order valence-corrected chi connectivity index (χ4v) is 2.56. The third kappa shape index (κ3) is 4.85. The van der Waals surface area contributed by atoms with Crippen molar-refractivity contribution < 1.29 is 14.5 Å². The summed E-state index contributed by atoms with van der Waals surface area (Å²) in [5.74, 6) is 0.951. The van der Waals surface area contributed by atoms with Crippen LogP contribution in [0.25, 0.3) is 0 Å². The number of rotatable bonds is 7. The number of nitro benzene ring substituents is 1. The van der Waals surface area contributed by atoms with Gasteiger partial charge in [-0.1, -0.05) is 13.3 Å². The normalized spacial score (nSPS) is 11.9. The SMILES string of the molecule is CCCCSC(C)C(=O)Oc1ccc([N+](=O)[O-])c(C)c1. The van der Waals surface area contributed by atoms with Crippen molar-refractivity contribution in [2.45, 2.75) is 38.9 Å². The molecule has 0 radical (unpaired) electrons. The lowest BCUT2D eigenvalue weighted by molar-refractivity contribution is -0.385. The summed E-state index contributed by atoms with van der Waals surface area (Å²) in [6, 6.07) is 4.32. The molecular formula is C14H19NO4S. The Hall–Kier alpha value is -1.56. The first kappa shape index (κ1) is 16.5. The zero-order valence-corrected chi connectivity index (χ0v) is 12.7. The molecule has 0 bridgehead atoms.